The number of amides is 1. The Hall–Kier alpha value is -1.06. The van der Waals surface area contributed by atoms with Crippen molar-refractivity contribution in [2.24, 2.45) is 5.92 Å². The molecule has 0 bridgehead atoms. The molecule has 0 fully saturated rings. The van der Waals surface area contributed by atoms with Gasteiger partial charge in [0.1, 0.15) is 0 Å². The second kappa shape index (κ2) is 11.0. The molecule has 90 valence electrons. The molecule has 0 radical (unpaired) electrons. The number of hydrogen-bond acceptors (Lipinski definition) is 3. The maximum absolute atomic E-state index is 10.9. The van der Waals surface area contributed by atoms with E-state index in [1.165, 1.54) is 13.5 Å². The lowest BCUT2D eigenvalue weighted by Crippen LogP contribution is -2.25. The first-order valence-electron chi connectivity index (χ1n) is 5.31. The van der Waals surface area contributed by atoms with E-state index < -0.39 is 0 Å². The molecule has 0 aliphatic carbocycles. The lowest BCUT2D eigenvalue weighted by Gasteiger charge is -2.07. The van der Waals surface area contributed by atoms with Crippen molar-refractivity contribution in [3.05, 3.63) is 0 Å². The Morgan fingerprint density at radius 2 is 1.80 bits per heavy atom. The summed E-state index contributed by atoms with van der Waals surface area (Å²) in [6.07, 6.45) is 2.08. The molecule has 1 N–H and O–H groups in total. The first-order valence-corrected chi connectivity index (χ1v) is 5.31. The molecule has 15 heavy (non-hydrogen) atoms. The van der Waals surface area contributed by atoms with Crippen LogP contribution in [0.4, 0.5) is 0 Å². The lowest BCUT2D eigenvalue weighted by atomic mass is 10.1. The fraction of sp³-hybridized carbons (Fsp3) is 0.818. The molecule has 0 aliphatic rings. The van der Waals surface area contributed by atoms with E-state index in [1.807, 2.05) is 0 Å². The Morgan fingerprint density at radius 1 is 1.33 bits per heavy atom. The summed E-state index contributed by atoms with van der Waals surface area (Å²) in [6.45, 7) is 6.03. The number of nitrogens with one attached hydrogen (secondary N) is 1. The topological polar surface area (TPSA) is 55.4 Å². The Kier molecular flexibility index (Phi) is 12.0. The maximum atomic E-state index is 10.9. The van der Waals surface area contributed by atoms with Gasteiger partial charge < -0.3 is 10.1 Å². The second-order valence-corrected chi connectivity index (χ2v) is 3.34. The van der Waals surface area contributed by atoms with Crippen LogP contribution in [0.1, 0.15) is 40.0 Å². The molecule has 0 aromatic rings. The van der Waals surface area contributed by atoms with Gasteiger partial charge in [0.2, 0.25) is 5.91 Å². The minimum absolute atomic E-state index is 0.0427. The normalized spacial score (nSPS) is 10.7. The van der Waals surface area contributed by atoms with Crippen molar-refractivity contribution >= 4 is 11.9 Å². The molecule has 0 aromatic heterocycles. The molecule has 0 saturated carbocycles. The molecule has 0 saturated heterocycles. The van der Waals surface area contributed by atoms with Crippen LogP contribution in [0.5, 0.6) is 0 Å². The molecular formula is C11H23NO3. The minimum Gasteiger partial charge on any atom is -0.469 e. The maximum Gasteiger partial charge on any atom is 0.305 e. The third-order valence-electron chi connectivity index (χ3n) is 1.70. The number of esters is 1. The number of methoxy groups -OCH3 is 1. The van der Waals surface area contributed by atoms with Crippen LogP contribution in [0.15, 0.2) is 0 Å². The predicted molar refractivity (Wildman–Crippen MR) is 60.4 cm³/mol. The molecule has 0 rings (SSSR count). The van der Waals surface area contributed by atoms with E-state index in [4.69, 9.17) is 0 Å². The summed E-state index contributed by atoms with van der Waals surface area (Å²) < 4.78 is 4.44. The van der Waals surface area contributed by atoms with Crippen LogP contribution in [0.2, 0.25) is 0 Å². The fourth-order valence-corrected chi connectivity index (χ4v) is 0.814. The van der Waals surface area contributed by atoms with E-state index in [9.17, 15) is 9.59 Å². The van der Waals surface area contributed by atoms with Crippen LogP contribution < -0.4 is 5.32 Å². The van der Waals surface area contributed by atoms with Crippen molar-refractivity contribution < 1.29 is 14.3 Å². The molecule has 4 nitrogen and oxygen atoms in total. The monoisotopic (exact) mass is 217 g/mol. The van der Waals surface area contributed by atoms with Gasteiger partial charge in [-0.05, 0) is 6.42 Å². The highest BCUT2D eigenvalue weighted by molar-refractivity contribution is 5.78. The Morgan fingerprint density at radius 3 is 2.13 bits per heavy atom. The SMILES string of the molecule is CCC.CNC(=O)[C@@H](C)CCC(=O)OC. The smallest absolute Gasteiger partial charge is 0.305 e. The number of rotatable bonds is 4. The average Bonchev–Trinajstić information content (AvgIpc) is 2.25. The Bertz CT molecular complexity index is 181. The predicted octanol–water partition coefficient (Wildman–Crippen LogP) is 1.74. The second-order valence-electron chi connectivity index (χ2n) is 3.34. The highest BCUT2D eigenvalue weighted by Gasteiger charge is 2.12. The van der Waals surface area contributed by atoms with E-state index in [0.29, 0.717) is 12.8 Å². The standard InChI is InChI=1S/C8H15NO3.C3H8/c1-6(8(11)9-2)4-5-7(10)12-3;1-3-2/h6H,4-5H2,1-3H3,(H,9,11);3H2,1-2H3/t6-;/m0./s1. The van der Waals surface area contributed by atoms with Gasteiger partial charge in [-0.15, -0.1) is 0 Å². The third-order valence-corrected chi connectivity index (χ3v) is 1.70. The summed E-state index contributed by atoms with van der Waals surface area (Å²) >= 11 is 0. The van der Waals surface area contributed by atoms with Gasteiger partial charge in [0.05, 0.1) is 7.11 Å². The van der Waals surface area contributed by atoms with Crippen molar-refractivity contribution in [3.63, 3.8) is 0 Å². The van der Waals surface area contributed by atoms with E-state index in [0.717, 1.165) is 0 Å². The average molecular weight is 217 g/mol. The number of carbonyl (C=O) groups is 2. The first kappa shape index (κ1) is 16.4. The summed E-state index contributed by atoms with van der Waals surface area (Å²) in [5.74, 6) is -0.446. The zero-order valence-corrected chi connectivity index (χ0v) is 10.4. The Labute approximate surface area is 92.4 Å². The zero-order chi connectivity index (χ0) is 12.3. The third kappa shape index (κ3) is 10.9. The molecule has 0 spiro atoms. The highest BCUT2D eigenvalue weighted by Crippen LogP contribution is 2.05. The largest absolute Gasteiger partial charge is 0.469 e. The van der Waals surface area contributed by atoms with Gasteiger partial charge in [-0.1, -0.05) is 27.2 Å². The lowest BCUT2D eigenvalue weighted by molar-refractivity contribution is -0.141. The van der Waals surface area contributed by atoms with Crippen LogP contribution in [0.25, 0.3) is 0 Å². The summed E-state index contributed by atoms with van der Waals surface area (Å²) in [5.41, 5.74) is 0. The van der Waals surface area contributed by atoms with Crippen molar-refractivity contribution in [2.45, 2.75) is 40.0 Å². The fourth-order valence-electron chi connectivity index (χ4n) is 0.814. The molecule has 0 unspecified atom stereocenters. The van der Waals surface area contributed by atoms with Crippen LogP contribution in [-0.2, 0) is 14.3 Å². The van der Waals surface area contributed by atoms with Crippen molar-refractivity contribution in [1.29, 1.82) is 0 Å². The molecule has 4 heteroatoms. The molecule has 1 atom stereocenters. The molecule has 0 heterocycles. The van der Waals surface area contributed by atoms with Crippen molar-refractivity contribution in [1.82, 2.24) is 5.32 Å². The van der Waals surface area contributed by atoms with Gasteiger partial charge in [0.25, 0.3) is 0 Å². The van der Waals surface area contributed by atoms with Crippen LogP contribution in [0.3, 0.4) is 0 Å². The van der Waals surface area contributed by atoms with Crippen LogP contribution >= 0.6 is 0 Å². The van der Waals surface area contributed by atoms with E-state index in [1.54, 1.807) is 14.0 Å². The van der Waals surface area contributed by atoms with Gasteiger partial charge in [0, 0.05) is 19.4 Å². The molecular weight excluding hydrogens is 194 g/mol. The van der Waals surface area contributed by atoms with Crippen LogP contribution in [-0.4, -0.2) is 26.0 Å². The van der Waals surface area contributed by atoms with Gasteiger partial charge in [0.15, 0.2) is 0 Å². The first-order chi connectivity index (χ1) is 7.03. The van der Waals surface area contributed by atoms with E-state index >= 15 is 0 Å². The van der Waals surface area contributed by atoms with Gasteiger partial charge in [-0.25, -0.2) is 0 Å². The molecule has 1 amide bonds. The van der Waals surface area contributed by atoms with Gasteiger partial charge in [-0.3, -0.25) is 9.59 Å². The summed E-state index contributed by atoms with van der Waals surface area (Å²) in [7, 11) is 2.92. The van der Waals surface area contributed by atoms with Gasteiger partial charge in [-0.2, -0.15) is 0 Å². The number of carbonyl (C=O) groups excluding carboxylic acids is 2. The summed E-state index contributed by atoms with van der Waals surface area (Å²) in [5, 5.41) is 2.52. The number of ether oxygens (including phenoxy) is 1. The minimum atomic E-state index is -0.272. The quantitative estimate of drug-likeness (QED) is 0.730. The number of hydrogen-bond donors (Lipinski definition) is 1. The Balaban J connectivity index is 0. The van der Waals surface area contributed by atoms with Crippen molar-refractivity contribution in [2.75, 3.05) is 14.2 Å². The molecule has 0 aliphatic heterocycles. The molecule has 0 aromatic carbocycles. The van der Waals surface area contributed by atoms with E-state index in [-0.39, 0.29) is 17.8 Å². The summed E-state index contributed by atoms with van der Waals surface area (Å²) in [6, 6.07) is 0. The van der Waals surface area contributed by atoms with Crippen LogP contribution in [0, 0.1) is 5.92 Å². The van der Waals surface area contributed by atoms with Crippen molar-refractivity contribution in [3.8, 4) is 0 Å². The highest BCUT2D eigenvalue weighted by atomic mass is 16.5. The summed E-state index contributed by atoms with van der Waals surface area (Å²) in [4.78, 5) is 21.6. The van der Waals surface area contributed by atoms with E-state index in [2.05, 4.69) is 23.9 Å². The van der Waals surface area contributed by atoms with Gasteiger partial charge >= 0.3 is 5.97 Å². The zero-order valence-electron chi connectivity index (χ0n) is 10.4.